The number of hydrogen-bond acceptors (Lipinski definition) is 1. The molecule has 76 valence electrons. The summed E-state index contributed by atoms with van der Waals surface area (Å²) < 4.78 is 25.5. The number of carboxylic acid groups (broad SMARTS) is 1. The van der Waals surface area contributed by atoms with Gasteiger partial charge >= 0.3 is 5.97 Å². The standard InChI is InChI=1S/C9H14F2O2/c1-8(6-7(12)13)2-4-9(10,11)5-3-8/h2-6H2,1H3,(H,12,13). The second kappa shape index (κ2) is 3.24. The topological polar surface area (TPSA) is 37.3 Å². The van der Waals surface area contributed by atoms with Crippen molar-refractivity contribution in [3.63, 3.8) is 0 Å². The van der Waals surface area contributed by atoms with E-state index in [1.54, 1.807) is 6.92 Å². The summed E-state index contributed by atoms with van der Waals surface area (Å²) in [7, 11) is 0. The number of alkyl halides is 2. The van der Waals surface area contributed by atoms with E-state index in [1.165, 1.54) is 0 Å². The van der Waals surface area contributed by atoms with Crippen LogP contribution in [-0.2, 0) is 4.79 Å². The van der Waals surface area contributed by atoms with E-state index in [-0.39, 0.29) is 19.3 Å². The maximum atomic E-state index is 12.7. The molecule has 13 heavy (non-hydrogen) atoms. The summed E-state index contributed by atoms with van der Waals surface area (Å²) in [5.74, 6) is -3.47. The van der Waals surface area contributed by atoms with Crippen molar-refractivity contribution in [2.45, 2.75) is 45.0 Å². The molecule has 0 heterocycles. The predicted octanol–water partition coefficient (Wildman–Crippen LogP) is 2.68. The van der Waals surface area contributed by atoms with Gasteiger partial charge < -0.3 is 5.11 Å². The minimum Gasteiger partial charge on any atom is -0.481 e. The normalized spacial score (nSPS) is 25.5. The lowest BCUT2D eigenvalue weighted by Crippen LogP contribution is -2.32. The quantitative estimate of drug-likeness (QED) is 0.730. The molecule has 1 N–H and O–H groups in total. The van der Waals surface area contributed by atoms with E-state index < -0.39 is 17.3 Å². The predicted molar refractivity (Wildman–Crippen MR) is 43.8 cm³/mol. The van der Waals surface area contributed by atoms with Crippen molar-refractivity contribution < 1.29 is 18.7 Å². The van der Waals surface area contributed by atoms with Crippen LogP contribution >= 0.6 is 0 Å². The molecule has 4 heteroatoms. The number of rotatable bonds is 2. The Bertz CT molecular complexity index is 204. The molecule has 0 amide bonds. The van der Waals surface area contributed by atoms with Gasteiger partial charge in [-0.05, 0) is 18.3 Å². The summed E-state index contributed by atoms with van der Waals surface area (Å²) in [5, 5.41) is 8.57. The third-order valence-corrected chi connectivity index (χ3v) is 2.77. The van der Waals surface area contributed by atoms with Crippen LogP contribution in [0.15, 0.2) is 0 Å². The van der Waals surface area contributed by atoms with Crippen LogP contribution in [0.5, 0.6) is 0 Å². The zero-order chi connectivity index (χ0) is 10.1. The van der Waals surface area contributed by atoms with Crippen molar-refractivity contribution in [3.8, 4) is 0 Å². The van der Waals surface area contributed by atoms with Gasteiger partial charge in [-0.25, -0.2) is 8.78 Å². The van der Waals surface area contributed by atoms with Crippen LogP contribution in [0.4, 0.5) is 8.78 Å². The van der Waals surface area contributed by atoms with Crippen LogP contribution in [0.3, 0.4) is 0 Å². The zero-order valence-corrected chi connectivity index (χ0v) is 7.65. The number of hydrogen-bond donors (Lipinski definition) is 1. The van der Waals surface area contributed by atoms with Gasteiger partial charge in [0.1, 0.15) is 0 Å². The first-order valence-electron chi connectivity index (χ1n) is 4.43. The van der Waals surface area contributed by atoms with E-state index in [9.17, 15) is 13.6 Å². The van der Waals surface area contributed by atoms with Gasteiger partial charge in [-0.3, -0.25) is 4.79 Å². The molecule has 1 saturated carbocycles. The molecule has 0 atom stereocenters. The first-order chi connectivity index (χ1) is 5.83. The maximum absolute atomic E-state index is 12.7. The summed E-state index contributed by atoms with van der Waals surface area (Å²) in [6, 6.07) is 0. The van der Waals surface area contributed by atoms with Gasteiger partial charge in [0.05, 0.1) is 6.42 Å². The van der Waals surface area contributed by atoms with Crippen molar-refractivity contribution >= 4 is 5.97 Å². The molecule has 1 rings (SSSR count). The van der Waals surface area contributed by atoms with E-state index >= 15 is 0 Å². The van der Waals surface area contributed by atoms with Gasteiger partial charge in [0.2, 0.25) is 5.92 Å². The summed E-state index contributed by atoms with van der Waals surface area (Å²) in [4.78, 5) is 10.4. The highest BCUT2D eigenvalue weighted by molar-refractivity contribution is 5.67. The fourth-order valence-corrected chi connectivity index (χ4v) is 1.76. The molecule has 1 aliphatic rings. The third kappa shape index (κ3) is 2.94. The number of aliphatic carboxylic acids is 1. The highest BCUT2D eigenvalue weighted by Gasteiger charge is 2.41. The Morgan fingerprint density at radius 1 is 1.31 bits per heavy atom. The van der Waals surface area contributed by atoms with Crippen LogP contribution in [-0.4, -0.2) is 17.0 Å². The molecule has 1 fully saturated rings. The Morgan fingerprint density at radius 3 is 2.15 bits per heavy atom. The number of carbonyl (C=O) groups is 1. The van der Waals surface area contributed by atoms with E-state index in [2.05, 4.69) is 0 Å². The molecule has 0 aromatic carbocycles. The van der Waals surface area contributed by atoms with Crippen LogP contribution in [0.25, 0.3) is 0 Å². The maximum Gasteiger partial charge on any atom is 0.303 e. The smallest absolute Gasteiger partial charge is 0.303 e. The second-order valence-corrected chi connectivity index (χ2v) is 4.24. The van der Waals surface area contributed by atoms with Crippen LogP contribution in [0.2, 0.25) is 0 Å². The fourth-order valence-electron chi connectivity index (χ4n) is 1.76. The van der Waals surface area contributed by atoms with Crippen molar-refractivity contribution in [2.75, 3.05) is 0 Å². The Kier molecular flexibility index (Phi) is 2.59. The SMILES string of the molecule is CC1(CC(=O)O)CCC(F)(F)CC1. The average Bonchev–Trinajstić information content (AvgIpc) is 1.95. The van der Waals surface area contributed by atoms with Crippen molar-refractivity contribution in [2.24, 2.45) is 5.41 Å². The molecule has 0 unspecified atom stereocenters. The molecule has 0 spiro atoms. The van der Waals surface area contributed by atoms with Crippen molar-refractivity contribution in [3.05, 3.63) is 0 Å². The minimum absolute atomic E-state index is 0.00306. The van der Waals surface area contributed by atoms with Gasteiger partial charge in [-0.15, -0.1) is 0 Å². The number of carboxylic acids is 1. The first-order valence-corrected chi connectivity index (χ1v) is 4.43. The highest BCUT2D eigenvalue weighted by Crippen LogP contribution is 2.45. The van der Waals surface area contributed by atoms with E-state index in [1.807, 2.05) is 0 Å². The lowest BCUT2D eigenvalue weighted by atomic mass is 9.72. The third-order valence-electron chi connectivity index (χ3n) is 2.77. The Morgan fingerprint density at radius 2 is 1.77 bits per heavy atom. The molecule has 0 aliphatic heterocycles. The molecular weight excluding hydrogens is 178 g/mol. The largest absolute Gasteiger partial charge is 0.481 e. The lowest BCUT2D eigenvalue weighted by Gasteiger charge is -2.36. The lowest BCUT2D eigenvalue weighted by molar-refractivity contribution is -0.142. The highest BCUT2D eigenvalue weighted by atomic mass is 19.3. The van der Waals surface area contributed by atoms with E-state index in [0.717, 1.165) is 0 Å². The fraction of sp³-hybridized carbons (Fsp3) is 0.889. The average molecular weight is 192 g/mol. The molecule has 0 aromatic rings. The Balaban J connectivity index is 2.51. The molecule has 0 saturated heterocycles. The van der Waals surface area contributed by atoms with Crippen molar-refractivity contribution in [1.82, 2.24) is 0 Å². The summed E-state index contributed by atoms with van der Waals surface area (Å²) in [6.45, 7) is 1.77. The zero-order valence-electron chi connectivity index (χ0n) is 7.65. The molecule has 1 aliphatic carbocycles. The molecule has 0 aromatic heterocycles. The van der Waals surface area contributed by atoms with Gasteiger partial charge in [-0.2, -0.15) is 0 Å². The van der Waals surface area contributed by atoms with Gasteiger partial charge in [0, 0.05) is 12.8 Å². The summed E-state index contributed by atoms with van der Waals surface area (Å²) >= 11 is 0. The minimum atomic E-state index is -2.57. The van der Waals surface area contributed by atoms with Crippen LogP contribution in [0.1, 0.15) is 39.0 Å². The molecule has 0 radical (unpaired) electrons. The van der Waals surface area contributed by atoms with Gasteiger partial charge in [0.15, 0.2) is 0 Å². The second-order valence-electron chi connectivity index (χ2n) is 4.24. The number of halogens is 2. The van der Waals surface area contributed by atoms with Crippen LogP contribution < -0.4 is 0 Å². The Labute approximate surface area is 75.9 Å². The molecule has 2 nitrogen and oxygen atoms in total. The van der Waals surface area contributed by atoms with Crippen molar-refractivity contribution in [1.29, 1.82) is 0 Å². The van der Waals surface area contributed by atoms with E-state index in [4.69, 9.17) is 5.11 Å². The van der Waals surface area contributed by atoms with E-state index in [0.29, 0.717) is 12.8 Å². The summed E-state index contributed by atoms with van der Waals surface area (Å²) in [5.41, 5.74) is -0.423. The van der Waals surface area contributed by atoms with Crippen LogP contribution in [0, 0.1) is 5.41 Å². The Hall–Kier alpha value is -0.670. The van der Waals surface area contributed by atoms with Gasteiger partial charge in [0.25, 0.3) is 0 Å². The monoisotopic (exact) mass is 192 g/mol. The molecule has 0 bridgehead atoms. The first kappa shape index (κ1) is 10.4. The molecular formula is C9H14F2O2. The van der Waals surface area contributed by atoms with Gasteiger partial charge in [-0.1, -0.05) is 6.92 Å². The summed E-state index contributed by atoms with van der Waals surface area (Å²) in [6.07, 6.45) is 0.287.